The van der Waals surface area contributed by atoms with E-state index < -0.39 is 30.9 Å². The van der Waals surface area contributed by atoms with Gasteiger partial charge in [0.15, 0.2) is 8.32 Å². The Hall–Kier alpha value is -0.693. The molecule has 5 nitrogen and oxygen atoms in total. The Bertz CT molecular complexity index is 577. The first-order chi connectivity index (χ1) is 13.7. The van der Waals surface area contributed by atoms with E-state index >= 15 is 0 Å². The Balaban J connectivity index is 3.25. The standard InChI is InChI=1S/C24H46O5Si/c1-10-28-21(25)13-11-15-23(26)16-12-14-22(8,9)24(23,27)17-29-30(18(2)3,19(4)5)20(6)7/h11,13,18-20,26-27H,10,12,14-17H2,1-9H3/b13-11+/t23-,24+/m1/s1. The molecular weight excluding hydrogens is 396 g/mol. The quantitative estimate of drug-likeness (QED) is 0.270. The van der Waals surface area contributed by atoms with E-state index in [0.29, 0.717) is 29.7 Å². The van der Waals surface area contributed by atoms with Crippen molar-refractivity contribution in [3.8, 4) is 0 Å². The third kappa shape index (κ3) is 5.20. The Morgan fingerprint density at radius 2 is 1.57 bits per heavy atom. The first-order valence-corrected chi connectivity index (χ1v) is 13.8. The highest BCUT2D eigenvalue weighted by Gasteiger charge is 2.61. The van der Waals surface area contributed by atoms with Crippen molar-refractivity contribution in [3.63, 3.8) is 0 Å². The molecule has 0 aromatic heterocycles. The molecule has 1 aliphatic carbocycles. The normalized spacial score (nSPS) is 27.4. The largest absolute Gasteiger partial charge is 0.463 e. The average molecular weight is 443 g/mol. The van der Waals surface area contributed by atoms with Crippen LogP contribution in [0.1, 0.15) is 88.0 Å². The average Bonchev–Trinajstić information content (AvgIpc) is 2.59. The number of aliphatic hydroxyl groups is 2. The SMILES string of the molecule is CCOC(=O)/C=C/C[C@@]1(O)CCCC(C)(C)[C@@]1(O)CO[Si](C(C)C)(C(C)C)C(C)C. The molecule has 0 spiro atoms. The van der Waals surface area contributed by atoms with Crippen molar-refractivity contribution in [1.82, 2.24) is 0 Å². The van der Waals surface area contributed by atoms with Gasteiger partial charge in [-0.1, -0.05) is 61.5 Å². The predicted molar refractivity (Wildman–Crippen MR) is 125 cm³/mol. The van der Waals surface area contributed by atoms with Gasteiger partial charge >= 0.3 is 5.97 Å². The molecule has 176 valence electrons. The molecular formula is C24H46O5Si. The van der Waals surface area contributed by atoms with Crippen LogP contribution in [0.2, 0.25) is 16.6 Å². The second-order valence-electron chi connectivity index (χ2n) is 10.6. The van der Waals surface area contributed by atoms with Crippen LogP contribution < -0.4 is 0 Å². The van der Waals surface area contributed by atoms with E-state index in [9.17, 15) is 15.0 Å². The van der Waals surface area contributed by atoms with Crippen LogP contribution in [0.5, 0.6) is 0 Å². The fourth-order valence-electron chi connectivity index (χ4n) is 5.74. The van der Waals surface area contributed by atoms with E-state index in [4.69, 9.17) is 9.16 Å². The van der Waals surface area contributed by atoms with Crippen molar-refractivity contribution < 1.29 is 24.2 Å². The number of carbonyl (C=O) groups is 1. The molecule has 30 heavy (non-hydrogen) atoms. The van der Waals surface area contributed by atoms with Crippen LogP contribution in [0.25, 0.3) is 0 Å². The molecule has 0 amide bonds. The molecule has 1 aliphatic rings. The Morgan fingerprint density at radius 3 is 2.03 bits per heavy atom. The van der Waals surface area contributed by atoms with Crippen molar-refractivity contribution in [2.75, 3.05) is 13.2 Å². The minimum absolute atomic E-state index is 0.116. The Labute approximate surface area is 185 Å². The number of rotatable bonds is 10. The van der Waals surface area contributed by atoms with Crippen LogP contribution in [0, 0.1) is 5.41 Å². The molecule has 0 heterocycles. The van der Waals surface area contributed by atoms with E-state index in [0.717, 1.165) is 12.8 Å². The molecule has 2 atom stereocenters. The maximum Gasteiger partial charge on any atom is 0.330 e. The summed E-state index contributed by atoms with van der Waals surface area (Å²) in [6, 6.07) is 0. The molecule has 0 aromatic rings. The lowest BCUT2D eigenvalue weighted by molar-refractivity contribution is -0.243. The van der Waals surface area contributed by atoms with Crippen LogP contribution >= 0.6 is 0 Å². The first-order valence-electron chi connectivity index (χ1n) is 11.6. The minimum Gasteiger partial charge on any atom is -0.463 e. The van der Waals surface area contributed by atoms with E-state index in [1.807, 2.05) is 13.8 Å². The molecule has 6 heteroatoms. The summed E-state index contributed by atoms with van der Waals surface area (Å²) in [5.74, 6) is -0.429. The smallest absolute Gasteiger partial charge is 0.330 e. The van der Waals surface area contributed by atoms with Crippen LogP contribution in [-0.2, 0) is 14.0 Å². The second-order valence-corrected chi connectivity index (χ2v) is 16.1. The molecule has 1 rings (SSSR count). The first kappa shape index (κ1) is 27.3. The van der Waals surface area contributed by atoms with Gasteiger partial charge in [0.05, 0.1) is 18.8 Å². The highest BCUT2D eigenvalue weighted by molar-refractivity contribution is 6.77. The minimum atomic E-state index is -2.21. The van der Waals surface area contributed by atoms with Gasteiger partial charge in [0, 0.05) is 6.08 Å². The summed E-state index contributed by atoms with van der Waals surface area (Å²) in [4.78, 5) is 11.7. The van der Waals surface area contributed by atoms with E-state index in [1.54, 1.807) is 13.0 Å². The predicted octanol–water partition coefficient (Wildman–Crippen LogP) is 5.36. The number of esters is 1. The van der Waals surface area contributed by atoms with Crippen molar-refractivity contribution in [2.24, 2.45) is 5.41 Å². The molecule has 2 N–H and O–H groups in total. The maximum absolute atomic E-state index is 12.0. The number of ether oxygens (including phenoxy) is 1. The molecule has 1 fully saturated rings. The molecule has 0 bridgehead atoms. The third-order valence-corrected chi connectivity index (χ3v) is 13.6. The zero-order chi connectivity index (χ0) is 23.4. The fraction of sp³-hybridized carbons (Fsp3) is 0.875. The van der Waals surface area contributed by atoms with Gasteiger partial charge in [-0.05, 0) is 54.6 Å². The van der Waals surface area contributed by atoms with E-state index in [-0.39, 0.29) is 13.0 Å². The van der Waals surface area contributed by atoms with Crippen molar-refractivity contribution in [2.45, 2.75) is 116 Å². The van der Waals surface area contributed by atoms with Gasteiger partial charge in [-0.25, -0.2) is 4.79 Å². The summed E-state index contributed by atoms with van der Waals surface area (Å²) in [7, 11) is -2.21. The summed E-state index contributed by atoms with van der Waals surface area (Å²) in [5.41, 5.74) is -2.10. The maximum atomic E-state index is 12.0. The zero-order valence-electron chi connectivity index (χ0n) is 20.7. The number of hydrogen-bond acceptors (Lipinski definition) is 5. The lowest BCUT2D eigenvalue weighted by Gasteiger charge is -2.57. The summed E-state index contributed by atoms with van der Waals surface area (Å²) in [6.45, 7) is 19.5. The number of hydrogen-bond donors (Lipinski definition) is 2. The van der Waals surface area contributed by atoms with E-state index in [1.165, 1.54) is 6.08 Å². The monoisotopic (exact) mass is 442 g/mol. The van der Waals surface area contributed by atoms with E-state index in [2.05, 4.69) is 41.5 Å². The van der Waals surface area contributed by atoms with Crippen molar-refractivity contribution in [3.05, 3.63) is 12.2 Å². The van der Waals surface area contributed by atoms with Crippen LogP contribution in [0.4, 0.5) is 0 Å². The lowest BCUT2D eigenvalue weighted by atomic mass is 9.57. The van der Waals surface area contributed by atoms with Gasteiger partial charge in [0.2, 0.25) is 0 Å². The molecule has 0 saturated heterocycles. The van der Waals surface area contributed by atoms with Gasteiger partial charge < -0.3 is 19.4 Å². The van der Waals surface area contributed by atoms with Crippen LogP contribution in [-0.4, -0.2) is 48.9 Å². The molecule has 0 radical (unpaired) electrons. The van der Waals surface area contributed by atoms with Gasteiger partial charge in [-0.15, -0.1) is 0 Å². The summed E-state index contributed by atoms with van der Waals surface area (Å²) < 4.78 is 11.7. The summed E-state index contributed by atoms with van der Waals surface area (Å²) in [6.07, 6.45) is 5.27. The second kappa shape index (κ2) is 10.3. The zero-order valence-corrected chi connectivity index (χ0v) is 21.7. The van der Waals surface area contributed by atoms with Gasteiger partial charge in [-0.3, -0.25) is 0 Å². The van der Waals surface area contributed by atoms with Gasteiger partial charge in [0.1, 0.15) is 5.60 Å². The topological polar surface area (TPSA) is 76.0 Å². The molecule has 0 aliphatic heterocycles. The summed E-state index contributed by atoms with van der Waals surface area (Å²) in [5, 5.41) is 23.7. The Morgan fingerprint density at radius 1 is 1.03 bits per heavy atom. The molecule has 0 aromatic carbocycles. The van der Waals surface area contributed by atoms with Crippen LogP contribution in [0.15, 0.2) is 12.2 Å². The highest BCUT2D eigenvalue weighted by Crippen LogP contribution is 2.52. The molecule has 0 unspecified atom stereocenters. The third-order valence-electron chi connectivity index (χ3n) is 7.52. The van der Waals surface area contributed by atoms with Gasteiger partial charge in [0.25, 0.3) is 0 Å². The summed E-state index contributed by atoms with van der Waals surface area (Å²) >= 11 is 0. The van der Waals surface area contributed by atoms with Gasteiger partial charge in [-0.2, -0.15) is 0 Å². The lowest BCUT2D eigenvalue weighted by Crippen LogP contribution is -2.68. The van der Waals surface area contributed by atoms with Crippen LogP contribution in [0.3, 0.4) is 0 Å². The number of carbonyl (C=O) groups excluding carboxylic acids is 1. The van der Waals surface area contributed by atoms with Crippen molar-refractivity contribution >= 4 is 14.3 Å². The fourth-order valence-corrected chi connectivity index (χ4v) is 11.2. The Kier molecular flexibility index (Phi) is 9.37. The molecule has 1 saturated carbocycles. The van der Waals surface area contributed by atoms with Crippen molar-refractivity contribution in [1.29, 1.82) is 0 Å². The highest BCUT2D eigenvalue weighted by atomic mass is 28.4.